The maximum Gasteiger partial charge on any atom is 0.205 e. The molecule has 2 aromatic heterocycles. The van der Waals surface area contributed by atoms with Crippen LogP contribution in [0.5, 0.6) is 0 Å². The molecule has 9 nitrogen and oxygen atoms in total. The summed E-state index contributed by atoms with van der Waals surface area (Å²) in [5.41, 5.74) is 1.12. The number of H-pyrrole nitrogens is 2. The molecule has 4 atom stereocenters. The molecule has 0 amide bonds. The first-order valence-electron chi connectivity index (χ1n) is 5.92. The van der Waals surface area contributed by atoms with E-state index in [1.54, 1.807) is 0 Å². The first kappa shape index (κ1) is 13.4. The maximum absolute atomic E-state index is 9.82. The van der Waals surface area contributed by atoms with E-state index in [2.05, 4.69) is 25.3 Å². The number of aromatic amines is 2. The van der Waals surface area contributed by atoms with Crippen molar-refractivity contribution in [3.05, 3.63) is 11.0 Å². The average Bonchev–Trinajstić information content (AvgIpc) is 2.99. The lowest BCUT2D eigenvalue weighted by atomic mass is 10.1. The minimum atomic E-state index is -1.19. The molecule has 0 spiro atoms. The van der Waals surface area contributed by atoms with E-state index in [-0.39, 0.29) is 5.95 Å². The number of aliphatic hydroxyl groups excluding tert-OH is 3. The van der Waals surface area contributed by atoms with Crippen molar-refractivity contribution in [2.75, 3.05) is 11.9 Å². The van der Waals surface area contributed by atoms with Gasteiger partial charge in [0.2, 0.25) is 5.95 Å². The van der Waals surface area contributed by atoms with E-state index in [1.165, 1.54) is 6.33 Å². The van der Waals surface area contributed by atoms with Gasteiger partial charge in [-0.2, -0.15) is 0 Å². The average molecular weight is 299 g/mol. The molecule has 10 heteroatoms. The largest absolute Gasteiger partial charge is 0.394 e. The van der Waals surface area contributed by atoms with Gasteiger partial charge in [0.15, 0.2) is 16.5 Å². The molecule has 2 aromatic rings. The number of nitrogens with one attached hydrogen (secondary N) is 3. The third kappa shape index (κ3) is 2.17. The van der Waals surface area contributed by atoms with Crippen molar-refractivity contribution >= 4 is 29.3 Å². The summed E-state index contributed by atoms with van der Waals surface area (Å²) in [6.07, 6.45) is -2.63. The highest BCUT2D eigenvalue weighted by Gasteiger charge is 2.42. The summed E-state index contributed by atoms with van der Waals surface area (Å²) < 4.78 is 5.60. The van der Waals surface area contributed by atoms with Gasteiger partial charge in [-0.3, -0.25) is 0 Å². The van der Waals surface area contributed by atoms with E-state index in [1.807, 2.05) is 0 Å². The van der Waals surface area contributed by atoms with E-state index in [0.29, 0.717) is 15.8 Å². The molecule has 6 N–H and O–H groups in total. The van der Waals surface area contributed by atoms with Crippen LogP contribution >= 0.6 is 12.2 Å². The van der Waals surface area contributed by atoms with Crippen LogP contribution in [0.1, 0.15) is 0 Å². The lowest BCUT2D eigenvalue weighted by Crippen LogP contribution is -2.36. The van der Waals surface area contributed by atoms with Crippen molar-refractivity contribution in [1.29, 1.82) is 0 Å². The second-order valence-corrected chi connectivity index (χ2v) is 4.81. The Balaban J connectivity index is 1.84. The van der Waals surface area contributed by atoms with Crippen LogP contribution in [0.4, 0.5) is 5.95 Å². The molecule has 0 radical (unpaired) electrons. The molecule has 0 bridgehead atoms. The Hall–Kier alpha value is -1.59. The third-order valence-electron chi connectivity index (χ3n) is 3.12. The van der Waals surface area contributed by atoms with E-state index in [4.69, 9.17) is 22.1 Å². The summed E-state index contributed by atoms with van der Waals surface area (Å²) in [6, 6.07) is 0. The number of aliphatic hydroxyl groups is 3. The molecule has 0 aliphatic carbocycles. The number of imidazole rings is 1. The standard InChI is InChI=1S/C10H13N5O4S/c16-1-3-5(17)6(18)8(19-3)14-10-13-7-4(9(20)15-10)11-2-12-7/h2-3,5-6,8,16-18H,1H2,(H3,11,12,13,14,15,20)/t3-,5-,6+,8?/m1/s1. The first-order chi connectivity index (χ1) is 9.60. The van der Waals surface area contributed by atoms with E-state index in [0.717, 1.165) is 0 Å². The topological polar surface area (TPSA) is 139 Å². The molecule has 3 heterocycles. The molecule has 1 unspecified atom stereocenters. The van der Waals surface area contributed by atoms with Crippen molar-refractivity contribution in [3.8, 4) is 0 Å². The first-order valence-corrected chi connectivity index (χ1v) is 6.33. The van der Waals surface area contributed by atoms with Gasteiger partial charge in [-0.1, -0.05) is 12.2 Å². The van der Waals surface area contributed by atoms with E-state index in [9.17, 15) is 10.2 Å². The summed E-state index contributed by atoms with van der Waals surface area (Å²) in [5, 5.41) is 31.3. The van der Waals surface area contributed by atoms with Crippen molar-refractivity contribution in [2.24, 2.45) is 0 Å². The highest BCUT2D eigenvalue weighted by molar-refractivity contribution is 7.71. The summed E-state index contributed by atoms with van der Waals surface area (Å²) in [7, 11) is 0. The predicted octanol–water partition coefficient (Wildman–Crippen LogP) is -1.13. The number of nitrogens with zero attached hydrogens (tertiary/aromatic N) is 2. The Bertz CT molecular complexity index is 673. The van der Waals surface area contributed by atoms with E-state index < -0.39 is 31.1 Å². The number of rotatable bonds is 3. The maximum atomic E-state index is 9.82. The van der Waals surface area contributed by atoms with E-state index >= 15 is 0 Å². The zero-order chi connectivity index (χ0) is 14.3. The van der Waals surface area contributed by atoms with Gasteiger partial charge in [-0.15, -0.1) is 0 Å². The lowest BCUT2D eigenvalue weighted by Gasteiger charge is -2.16. The monoisotopic (exact) mass is 299 g/mol. The van der Waals surface area contributed by atoms with Crippen molar-refractivity contribution < 1.29 is 20.1 Å². The molecule has 1 saturated heterocycles. The van der Waals surface area contributed by atoms with Gasteiger partial charge >= 0.3 is 0 Å². The molecule has 1 aliphatic rings. The third-order valence-corrected chi connectivity index (χ3v) is 3.42. The Morgan fingerprint density at radius 2 is 2.20 bits per heavy atom. The number of fused-ring (bicyclic) bond motifs is 1. The summed E-state index contributed by atoms with van der Waals surface area (Å²) in [5.74, 6) is 0.254. The molecular weight excluding hydrogens is 286 g/mol. The van der Waals surface area contributed by atoms with Crippen LogP contribution in [-0.4, -0.2) is 66.4 Å². The number of hydrogen-bond acceptors (Lipinski definition) is 8. The number of aromatic nitrogens is 4. The van der Waals surface area contributed by atoms with Crippen LogP contribution in [0.3, 0.4) is 0 Å². The van der Waals surface area contributed by atoms with Gasteiger partial charge in [0.25, 0.3) is 0 Å². The summed E-state index contributed by atoms with van der Waals surface area (Å²) >= 11 is 5.10. The van der Waals surface area contributed by atoms with Crippen LogP contribution in [0, 0.1) is 4.64 Å². The molecule has 0 saturated carbocycles. The fourth-order valence-corrected chi connectivity index (χ4v) is 2.32. The van der Waals surface area contributed by atoms with Gasteiger partial charge < -0.3 is 35.3 Å². The Kier molecular flexibility index (Phi) is 3.40. The Morgan fingerprint density at radius 1 is 1.40 bits per heavy atom. The fraction of sp³-hybridized carbons (Fsp3) is 0.500. The van der Waals surface area contributed by atoms with Crippen LogP contribution in [-0.2, 0) is 4.74 Å². The number of ether oxygens (including phenoxy) is 1. The SMILES string of the molecule is OC[C@H]1OC(Nc2nc(=S)c3[nH]cnc3[nH]2)[C@@H](O)[C@@H]1O. The molecule has 20 heavy (non-hydrogen) atoms. The lowest BCUT2D eigenvalue weighted by molar-refractivity contribution is -0.0154. The zero-order valence-corrected chi connectivity index (χ0v) is 11.0. The molecule has 108 valence electrons. The second kappa shape index (κ2) is 5.07. The van der Waals surface area contributed by atoms with Gasteiger partial charge in [0.1, 0.15) is 23.8 Å². The van der Waals surface area contributed by atoms with Crippen LogP contribution in [0.2, 0.25) is 0 Å². The van der Waals surface area contributed by atoms with Crippen LogP contribution < -0.4 is 5.32 Å². The summed E-state index contributed by atoms with van der Waals surface area (Å²) in [6.45, 7) is -0.391. The minimum Gasteiger partial charge on any atom is -0.394 e. The Labute approximate surface area is 117 Å². The van der Waals surface area contributed by atoms with Crippen molar-refractivity contribution in [3.63, 3.8) is 0 Å². The highest BCUT2D eigenvalue weighted by Crippen LogP contribution is 2.22. The molecule has 3 rings (SSSR count). The molecule has 1 fully saturated rings. The Morgan fingerprint density at radius 3 is 2.90 bits per heavy atom. The number of anilines is 1. The molecule has 1 aliphatic heterocycles. The zero-order valence-electron chi connectivity index (χ0n) is 10.1. The van der Waals surface area contributed by atoms with Gasteiger partial charge in [-0.05, 0) is 0 Å². The normalized spacial score (nSPS) is 29.9. The molecular formula is C10H13N5O4S. The summed E-state index contributed by atoms with van der Waals surface area (Å²) in [4.78, 5) is 13.8. The number of hydrogen-bond donors (Lipinski definition) is 6. The molecule has 0 aromatic carbocycles. The quantitative estimate of drug-likeness (QED) is 0.391. The minimum absolute atomic E-state index is 0.254. The predicted molar refractivity (Wildman–Crippen MR) is 70.5 cm³/mol. The van der Waals surface area contributed by atoms with Gasteiger partial charge in [0, 0.05) is 0 Å². The smallest absolute Gasteiger partial charge is 0.205 e. The van der Waals surface area contributed by atoms with Crippen molar-refractivity contribution in [1.82, 2.24) is 19.9 Å². The fourth-order valence-electron chi connectivity index (χ4n) is 2.07. The van der Waals surface area contributed by atoms with Gasteiger partial charge in [0.05, 0.1) is 12.9 Å². The highest BCUT2D eigenvalue weighted by atomic mass is 32.1. The van der Waals surface area contributed by atoms with Gasteiger partial charge in [-0.25, -0.2) is 9.97 Å². The van der Waals surface area contributed by atoms with Crippen LogP contribution in [0.25, 0.3) is 11.2 Å². The second-order valence-electron chi connectivity index (χ2n) is 4.42. The van der Waals surface area contributed by atoms with Crippen molar-refractivity contribution in [2.45, 2.75) is 24.5 Å². The van der Waals surface area contributed by atoms with Crippen LogP contribution in [0.15, 0.2) is 6.33 Å².